The highest BCUT2D eigenvalue weighted by molar-refractivity contribution is 6.76. The molecule has 0 spiro atoms. The summed E-state index contributed by atoms with van der Waals surface area (Å²) in [6.07, 6.45) is -8.36. The van der Waals surface area contributed by atoms with Crippen LogP contribution in [-0.4, -0.2) is 42.8 Å². The zero-order valence-electron chi connectivity index (χ0n) is 21.1. The number of hydrogen-bond acceptors (Lipinski definition) is 2. The van der Waals surface area contributed by atoms with Crippen molar-refractivity contribution in [2.45, 2.75) is 96.1 Å². The summed E-state index contributed by atoms with van der Waals surface area (Å²) in [5.74, 6) is -1.22. The molecule has 1 aliphatic rings. The van der Waals surface area contributed by atoms with E-state index in [4.69, 9.17) is 0 Å². The Morgan fingerprint density at radius 1 is 1.06 bits per heavy atom. The minimum atomic E-state index is -4.49. The van der Waals surface area contributed by atoms with Crippen molar-refractivity contribution in [2.75, 3.05) is 6.54 Å². The summed E-state index contributed by atoms with van der Waals surface area (Å²) in [5.41, 5.74) is -1.27. The van der Waals surface area contributed by atoms with Gasteiger partial charge in [0.2, 0.25) is 0 Å². The molecule has 1 unspecified atom stereocenters. The number of piperidine rings is 1. The molecule has 200 valence electrons. The maximum absolute atomic E-state index is 13.2. The number of alkyl halides is 6. The minimum Gasteiger partial charge on any atom is -0.481 e. The lowest BCUT2D eigenvalue weighted by Gasteiger charge is -2.47. The fraction of sp³-hybridized carbons (Fsp3) is 0.720. The van der Waals surface area contributed by atoms with Crippen molar-refractivity contribution in [3.63, 3.8) is 0 Å². The average molecular weight is 526 g/mol. The third-order valence-corrected chi connectivity index (χ3v) is 9.08. The second-order valence-electron chi connectivity index (χ2n) is 11.5. The fourth-order valence-corrected chi connectivity index (χ4v) is 6.08. The van der Waals surface area contributed by atoms with Gasteiger partial charge in [-0.3, -0.25) is 9.69 Å². The summed E-state index contributed by atoms with van der Waals surface area (Å²) in [6, 6.07) is 4.75. The van der Waals surface area contributed by atoms with Crippen LogP contribution in [0.15, 0.2) is 24.3 Å². The van der Waals surface area contributed by atoms with E-state index >= 15 is 0 Å². The molecule has 1 aromatic rings. The predicted octanol–water partition coefficient (Wildman–Crippen LogP) is 8.01. The summed E-state index contributed by atoms with van der Waals surface area (Å²) < 4.78 is 78.8. The maximum atomic E-state index is 13.2. The van der Waals surface area contributed by atoms with Crippen LogP contribution in [0.2, 0.25) is 25.7 Å². The number of benzene rings is 1. The highest BCUT2D eigenvalue weighted by Gasteiger charge is 2.44. The first-order valence-corrected chi connectivity index (χ1v) is 15.7. The predicted molar refractivity (Wildman–Crippen MR) is 127 cm³/mol. The molecule has 0 amide bonds. The van der Waals surface area contributed by atoms with Gasteiger partial charge >= 0.3 is 18.3 Å². The zero-order chi connectivity index (χ0) is 26.8. The van der Waals surface area contributed by atoms with Crippen LogP contribution in [0.25, 0.3) is 0 Å². The highest BCUT2D eigenvalue weighted by atomic mass is 28.3. The molecule has 1 aliphatic heterocycles. The van der Waals surface area contributed by atoms with Crippen LogP contribution >= 0.6 is 0 Å². The first kappa shape index (κ1) is 29.7. The van der Waals surface area contributed by atoms with Crippen LogP contribution in [-0.2, 0) is 11.0 Å². The number of hydrogen-bond donors (Lipinski definition) is 1. The second kappa shape index (κ2) is 10.8. The molecule has 10 heteroatoms. The lowest BCUT2D eigenvalue weighted by molar-refractivity contribution is -0.153. The van der Waals surface area contributed by atoms with E-state index in [1.165, 1.54) is 12.1 Å². The number of nitrogens with zero attached hydrogens (tertiary/aromatic N) is 1. The molecule has 3 nitrogen and oxygen atoms in total. The summed E-state index contributed by atoms with van der Waals surface area (Å²) in [5, 5.41) is 9.74. The molecule has 0 bridgehead atoms. The van der Waals surface area contributed by atoms with Crippen LogP contribution < -0.4 is 0 Å². The molecule has 35 heavy (non-hydrogen) atoms. The summed E-state index contributed by atoms with van der Waals surface area (Å²) >= 11 is 0. The molecule has 1 aromatic carbocycles. The lowest BCUT2D eigenvalue weighted by Crippen LogP contribution is -2.48. The Bertz CT molecular complexity index is 827. The Hall–Kier alpha value is -1.55. The number of carboxylic acid groups (broad SMARTS) is 1. The quantitative estimate of drug-likeness (QED) is 0.262. The normalized spacial score (nSPS) is 21.7. The topological polar surface area (TPSA) is 40.5 Å². The fourth-order valence-electron chi connectivity index (χ4n) is 4.88. The first-order valence-electron chi connectivity index (χ1n) is 12.0. The number of carboxylic acids is 1. The van der Waals surface area contributed by atoms with Gasteiger partial charge in [0.1, 0.15) is 0 Å². The molecule has 1 saturated heterocycles. The van der Waals surface area contributed by atoms with Crippen molar-refractivity contribution in [1.29, 1.82) is 0 Å². The molecule has 0 radical (unpaired) electrons. The van der Waals surface area contributed by atoms with Crippen molar-refractivity contribution >= 4 is 14.0 Å². The Kier molecular flexibility index (Phi) is 9.18. The summed E-state index contributed by atoms with van der Waals surface area (Å²) in [7, 11) is -1.56. The number of carbonyl (C=O) groups is 1. The van der Waals surface area contributed by atoms with Gasteiger partial charge in [-0.1, -0.05) is 37.8 Å². The molecule has 1 fully saturated rings. The zero-order valence-corrected chi connectivity index (χ0v) is 22.1. The number of rotatable bonds is 9. The SMILES string of the molecule is CC(C)(C(=O)O)C1CCN([C@@H](CCC(F)(F)F)CC[Si](C)(C)C)[C@H](c2ccc(C(F)(F)F)cc2)C1. The van der Waals surface area contributed by atoms with Gasteiger partial charge < -0.3 is 5.11 Å². The molecule has 2 rings (SSSR count). The van der Waals surface area contributed by atoms with Crippen molar-refractivity contribution in [3.8, 4) is 0 Å². The van der Waals surface area contributed by atoms with Gasteiger partial charge in [0.25, 0.3) is 0 Å². The van der Waals surface area contributed by atoms with Crippen LogP contribution in [0.4, 0.5) is 26.3 Å². The van der Waals surface area contributed by atoms with Gasteiger partial charge in [-0.25, -0.2) is 0 Å². The van der Waals surface area contributed by atoms with Gasteiger partial charge in [-0.2, -0.15) is 26.3 Å². The van der Waals surface area contributed by atoms with Gasteiger partial charge in [0.05, 0.1) is 11.0 Å². The van der Waals surface area contributed by atoms with E-state index in [0.717, 1.165) is 18.2 Å². The van der Waals surface area contributed by atoms with Crippen molar-refractivity contribution in [2.24, 2.45) is 11.3 Å². The second-order valence-corrected chi connectivity index (χ2v) is 17.1. The largest absolute Gasteiger partial charge is 0.481 e. The maximum Gasteiger partial charge on any atom is 0.416 e. The van der Waals surface area contributed by atoms with Crippen LogP contribution in [0.5, 0.6) is 0 Å². The monoisotopic (exact) mass is 525 g/mol. The average Bonchev–Trinajstić information content (AvgIpc) is 2.71. The molecule has 0 saturated carbocycles. The third-order valence-electron chi connectivity index (χ3n) is 7.30. The molecule has 0 aliphatic carbocycles. The van der Waals surface area contributed by atoms with Crippen molar-refractivity contribution < 1.29 is 36.2 Å². The Labute approximate surface area is 204 Å². The van der Waals surface area contributed by atoms with E-state index in [0.29, 0.717) is 31.4 Å². The molecule has 1 N–H and O–H groups in total. The Morgan fingerprint density at radius 3 is 2.09 bits per heavy atom. The van der Waals surface area contributed by atoms with E-state index in [1.54, 1.807) is 13.8 Å². The molecule has 3 atom stereocenters. The standard InChI is InChI=1S/C25H37F6NO2Si/c1-23(2,22(33)34)19-11-14-32(20(10-13-24(26,27)28)12-15-35(3,4)5)21(16-19)17-6-8-18(9-7-17)25(29,30)31/h6-9,19-21H,10-16H2,1-5H3,(H,33,34)/t19?,20-,21-/m0/s1. The van der Waals surface area contributed by atoms with E-state index < -0.39 is 49.8 Å². The Morgan fingerprint density at radius 2 is 1.63 bits per heavy atom. The smallest absolute Gasteiger partial charge is 0.416 e. The van der Waals surface area contributed by atoms with Crippen LogP contribution in [0.3, 0.4) is 0 Å². The number of halogens is 6. The summed E-state index contributed by atoms with van der Waals surface area (Å²) in [6.45, 7) is 10.1. The van der Waals surface area contributed by atoms with E-state index in [-0.39, 0.29) is 18.4 Å². The van der Waals surface area contributed by atoms with Crippen LogP contribution in [0.1, 0.15) is 63.1 Å². The Balaban J connectivity index is 2.44. The molecular formula is C25H37F6NO2Si. The van der Waals surface area contributed by atoms with Gasteiger partial charge in [0.15, 0.2) is 0 Å². The van der Waals surface area contributed by atoms with Crippen LogP contribution in [0, 0.1) is 11.3 Å². The van der Waals surface area contributed by atoms with Gasteiger partial charge in [-0.15, -0.1) is 0 Å². The lowest BCUT2D eigenvalue weighted by atomic mass is 9.70. The number of aliphatic carboxylic acids is 1. The molecule has 0 aromatic heterocycles. The number of likely N-dealkylation sites (tertiary alicyclic amines) is 1. The molecular weight excluding hydrogens is 488 g/mol. The third kappa shape index (κ3) is 8.51. The molecule has 1 heterocycles. The first-order chi connectivity index (χ1) is 15.8. The van der Waals surface area contributed by atoms with E-state index in [9.17, 15) is 36.2 Å². The van der Waals surface area contributed by atoms with Gasteiger partial charge in [-0.05, 0) is 69.7 Å². The van der Waals surface area contributed by atoms with Crippen molar-refractivity contribution in [1.82, 2.24) is 4.90 Å². The van der Waals surface area contributed by atoms with Gasteiger partial charge in [0, 0.05) is 26.6 Å². The van der Waals surface area contributed by atoms with Crippen molar-refractivity contribution in [3.05, 3.63) is 35.4 Å². The summed E-state index contributed by atoms with van der Waals surface area (Å²) in [4.78, 5) is 13.9. The minimum absolute atomic E-state index is 0.0852. The van der Waals surface area contributed by atoms with E-state index in [1.807, 2.05) is 4.90 Å². The van der Waals surface area contributed by atoms with E-state index in [2.05, 4.69) is 19.6 Å². The highest BCUT2D eigenvalue weighted by Crippen LogP contribution is 2.45.